The van der Waals surface area contributed by atoms with Crippen LogP contribution in [0.4, 0.5) is 0 Å². The number of aromatic nitrogens is 2. The number of nitrogens with one attached hydrogen (secondary N) is 3. The first kappa shape index (κ1) is 22.5. The summed E-state index contributed by atoms with van der Waals surface area (Å²) < 4.78 is 0. The van der Waals surface area contributed by atoms with E-state index in [-0.39, 0.29) is 6.42 Å². The van der Waals surface area contributed by atoms with Crippen molar-refractivity contribution in [1.29, 1.82) is 0 Å². The van der Waals surface area contributed by atoms with Crippen LogP contribution in [0, 0.1) is 0 Å². The molecule has 10 N–H and O–H groups in total. The van der Waals surface area contributed by atoms with Gasteiger partial charge in [-0.2, -0.15) is 0 Å². The Morgan fingerprint density at radius 1 is 1.11 bits per heavy atom. The van der Waals surface area contributed by atoms with Crippen LogP contribution in [0.1, 0.15) is 5.69 Å². The summed E-state index contributed by atoms with van der Waals surface area (Å²) in [6, 6.07) is -1.47. The third-order valence-electron chi connectivity index (χ3n) is 3.93. The number of nitrogens with two attached hydrogens (primary N) is 1. The molecule has 0 radical (unpaired) electrons. The Labute approximate surface area is 153 Å². The number of aliphatic hydroxyl groups is 4. The van der Waals surface area contributed by atoms with Gasteiger partial charge < -0.3 is 46.9 Å². The lowest BCUT2D eigenvalue weighted by molar-refractivity contribution is -0.146. The van der Waals surface area contributed by atoms with Gasteiger partial charge in [0.2, 0.25) is 5.91 Å². The molecule has 0 aliphatic heterocycles. The summed E-state index contributed by atoms with van der Waals surface area (Å²) in [7, 11) is 0. The zero-order valence-electron chi connectivity index (χ0n) is 14.3. The molecule has 152 valence electrons. The highest BCUT2D eigenvalue weighted by Gasteiger charge is 2.45. The molecule has 0 unspecified atom stereocenters. The Kier molecular flexibility index (Phi) is 7.81. The number of aliphatic hydroxyl groups excluding tert-OH is 4. The molecule has 1 heterocycles. The monoisotopic (exact) mass is 389 g/mol. The van der Waals surface area contributed by atoms with E-state index in [1.807, 2.05) is 5.32 Å². The third-order valence-corrected chi connectivity index (χ3v) is 3.93. The van der Waals surface area contributed by atoms with Gasteiger partial charge in [0.1, 0.15) is 11.6 Å². The molecule has 2 amide bonds. The largest absolute Gasteiger partial charge is 0.480 e. The summed E-state index contributed by atoms with van der Waals surface area (Å²) in [5.74, 6) is -3.84. The standard InChI is InChI=1S/C14H23N5O8/c15-13(3-20,4-21)11(26)19-14(5-22,6-23)12(27)18-9(10(24)25)1-8-2-16-7-17-8/h2,7,9,20-23H,1,3-6,15H2,(H,16,17)(H,18,27)(H,19,26)(H,24,25)/t9-/m0/s1. The van der Waals surface area contributed by atoms with E-state index in [1.54, 1.807) is 0 Å². The Balaban J connectivity index is 3.01. The molecule has 1 rings (SSSR count). The molecule has 27 heavy (non-hydrogen) atoms. The van der Waals surface area contributed by atoms with Crippen LogP contribution < -0.4 is 16.4 Å². The molecule has 0 saturated carbocycles. The number of carbonyl (C=O) groups is 3. The van der Waals surface area contributed by atoms with Gasteiger partial charge in [-0.1, -0.05) is 0 Å². The van der Waals surface area contributed by atoms with Crippen molar-refractivity contribution in [3.8, 4) is 0 Å². The molecule has 13 nitrogen and oxygen atoms in total. The van der Waals surface area contributed by atoms with Crippen LogP contribution in [0.15, 0.2) is 12.5 Å². The van der Waals surface area contributed by atoms with E-state index < -0.39 is 61.3 Å². The number of H-pyrrole nitrogens is 1. The first-order chi connectivity index (χ1) is 12.7. The molecule has 0 bridgehead atoms. The van der Waals surface area contributed by atoms with E-state index in [0.717, 1.165) is 0 Å². The number of amides is 2. The first-order valence-electron chi connectivity index (χ1n) is 7.74. The average molecular weight is 389 g/mol. The topological polar surface area (TPSA) is 231 Å². The molecule has 1 aromatic heterocycles. The molecule has 0 aliphatic rings. The number of hydrogen-bond acceptors (Lipinski definition) is 9. The maximum atomic E-state index is 12.5. The number of carboxylic acids is 1. The van der Waals surface area contributed by atoms with Gasteiger partial charge in [-0.15, -0.1) is 0 Å². The van der Waals surface area contributed by atoms with Crippen LogP contribution in [0.3, 0.4) is 0 Å². The lowest BCUT2D eigenvalue weighted by Crippen LogP contribution is -2.71. The highest BCUT2D eigenvalue weighted by atomic mass is 16.4. The van der Waals surface area contributed by atoms with Gasteiger partial charge in [0.15, 0.2) is 5.54 Å². The fourth-order valence-corrected chi connectivity index (χ4v) is 1.98. The van der Waals surface area contributed by atoms with Crippen molar-refractivity contribution in [2.24, 2.45) is 5.73 Å². The Hall–Kier alpha value is -2.58. The summed E-state index contributed by atoms with van der Waals surface area (Å²) in [6.07, 6.45) is 2.48. The second-order valence-electron chi connectivity index (χ2n) is 5.97. The van der Waals surface area contributed by atoms with Gasteiger partial charge in [0, 0.05) is 18.3 Å². The fourth-order valence-electron chi connectivity index (χ4n) is 1.98. The second kappa shape index (κ2) is 9.38. The number of aromatic amines is 1. The molecule has 0 aliphatic carbocycles. The van der Waals surface area contributed by atoms with Crippen molar-refractivity contribution in [2.75, 3.05) is 26.4 Å². The predicted octanol–water partition coefficient (Wildman–Crippen LogP) is -4.96. The Morgan fingerprint density at radius 3 is 2.11 bits per heavy atom. The van der Waals surface area contributed by atoms with Gasteiger partial charge in [0.05, 0.1) is 32.8 Å². The van der Waals surface area contributed by atoms with Crippen LogP contribution in [-0.2, 0) is 20.8 Å². The van der Waals surface area contributed by atoms with Gasteiger partial charge in [-0.05, 0) is 0 Å². The van der Waals surface area contributed by atoms with Crippen molar-refractivity contribution >= 4 is 17.8 Å². The van der Waals surface area contributed by atoms with Crippen molar-refractivity contribution in [3.63, 3.8) is 0 Å². The van der Waals surface area contributed by atoms with E-state index in [0.29, 0.717) is 5.69 Å². The minimum Gasteiger partial charge on any atom is -0.480 e. The van der Waals surface area contributed by atoms with Crippen molar-refractivity contribution in [1.82, 2.24) is 20.6 Å². The predicted molar refractivity (Wildman–Crippen MR) is 88.0 cm³/mol. The molecule has 0 fully saturated rings. The lowest BCUT2D eigenvalue weighted by Gasteiger charge is -2.34. The lowest BCUT2D eigenvalue weighted by atomic mass is 9.95. The molecule has 1 aromatic rings. The highest BCUT2D eigenvalue weighted by molar-refractivity contribution is 5.96. The second-order valence-corrected chi connectivity index (χ2v) is 5.97. The summed E-state index contributed by atoms with van der Waals surface area (Å²) in [5, 5.41) is 50.7. The molecular weight excluding hydrogens is 366 g/mol. The third kappa shape index (κ3) is 5.21. The smallest absolute Gasteiger partial charge is 0.326 e. The zero-order chi connectivity index (χ0) is 20.7. The summed E-state index contributed by atoms with van der Waals surface area (Å²) in [4.78, 5) is 42.4. The molecule has 0 spiro atoms. The SMILES string of the molecule is NC(CO)(CO)C(=O)NC(CO)(CO)C(=O)N[C@@H](Cc1cnc[nH]1)C(=O)O. The quantitative estimate of drug-likeness (QED) is 0.175. The van der Waals surface area contributed by atoms with E-state index in [1.165, 1.54) is 12.5 Å². The van der Waals surface area contributed by atoms with Gasteiger partial charge in [-0.25, -0.2) is 9.78 Å². The van der Waals surface area contributed by atoms with Gasteiger partial charge in [-0.3, -0.25) is 9.59 Å². The number of carboxylic acid groups (broad SMARTS) is 1. The van der Waals surface area contributed by atoms with E-state index in [9.17, 15) is 29.7 Å². The van der Waals surface area contributed by atoms with Crippen LogP contribution in [0.2, 0.25) is 0 Å². The number of hydrogen-bond donors (Lipinski definition) is 9. The van der Waals surface area contributed by atoms with Crippen molar-refractivity contribution in [3.05, 3.63) is 18.2 Å². The number of imidazole rings is 1. The summed E-state index contributed by atoms with van der Waals surface area (Å²) >= 11 is 0. The number of rotatable bonds is 11. The molecular formula is C14H23N5O8. The molecule has 0 saturated heterocycles. The maximum Gasteiger partial charge on any atom is 0.326 e. The number of carbonyl (C=O) groups excluding carboxylic acids is 2. The van der Waals surface area contributed by atoms with Gasteiger partial charge in [0.25, 0.3) is 5.91 Å². The zero-order valence-corrected chi connectivity index (χ0v) is 14.3. The van der Waals surface area contributed by atoms with E-state index in [4.69, 9.17) is 15.9 Å². The minimum atomic E-state index is -2.34. The van der Waals surface area contributed by atoms with Crippen LogP contribution in [-0.4, -0.2) is 96.8 Å². The maximum absolute atomic E-state index is 12.5. The van der Waals surface area contributed by atoms with Gasteiger partial charge >= 0.3 is 5.97 Å². The van der Waals surface area contributed by atoms with Crippen molar-refractivity contribution < 1.29 is 39.9 Å². The summed E-state index contributed by atoms with van der Waals surface area (Å²) in [6.45, 7) is -4.18. The fraction of sp³-hybridized carbons (Fsp3) is 0.571. The highest BCUT2D eigenvalue weighted by Crippen LogP contribution is 2.09. The van der Waals surface area contributed by atoms with E-state index in [2.05, 4.69) is 15.3 Å². The normalized spacial score (nSPS) is 13.1. The Morgan fingerprint density at radius 2 is 1.70 bits per heavy atom. The molecule has 13 heteroatoms. The molecule has 0 aromatic carbocycles. The Bertz CT molecular complexity index is 642. The van der Waals surface area contributed by atoms with E-state index >= 15 is 0 Å². The van der Waals surface area contributed by atoms with Crippen LogP contribution in [0.25, 0.3) is 0 Å². The molecule has 1 atom stereocenters. The minimum absolute atomic E-state index is 0.184. The number of nitrogens with zero attached hydrogens (tertiary/aromatic N) is 1. The average Bonchev–Trinajstić information content (AvgIpc) is 3.17. The van der Waals surface area contributed by atoms with Crippen LogP contribution >= 0.6 is 0 Å². The summed E-state index contributed by atoms with van der Waals surface area (Å²) in [5.41, 5.74) is 1.36. The van der Waals surface area contributed by atoms with Crippen molar-refractivity contribution in [2.45, 2.75) is 23.5 Å². The number of aliphatic carboxylic acids is 1. The first-order valence-corrected chi connectivity index (χ1v) is 7.74. The van der Waals surface area contributed by atoms with Crippen LogP contribution in [0.5, 0.6) is 0 Å².